The van der Waals surface area contributed by atoms with Gasteiger partial charge in [0.15, 0.2) is 0 Å². The highest BCUT2D eigenvalue weighted by Gasteiger charge is 2.20. The average molecular weight is 435 g/mol. The Morgan fingerprint density at radius 3 is 2.21 bits per heavy atom. The van der Waals surface area contributed by atoms with E-state index in [0.717, 1.165) is 41.3 Å². The van der Waals surface area contributed by atoms with Crippen LogP contribution in [0.1, 0.15) is 30.1 Å². The smallest absolute Gasteiger partial charge is 0.316 e. The molecule has 0 aromatic heterocycles. The Hall–Kier alpha value is -3.89. The number of nitrogens with one attached hydrogen (secondary N) is 1. The van der Waals surface area contributed by atoms with E-state index in [1.807, 2.05) is 42.5 Å². The molecule has 0 fully saturated rings. The number of anilines is 1. The number of primary amides is 1. The van der Waals surface area contributed by atoms with Crippen LogP contribution in [0.15, 0.2) is 91.0 Å². The molecule has 0 heterocycles. The van der Waals surface area contributed by atoms with E-state index < -0.39 is 6.03 Å². The third-order valence-electron chi connectivity index (χ3n) is 6.38. The standard InChI is InChI=1S/C18H16O.C11H10N2O/c19-18-7-3-6-14-16-9-8-12-4-1-2-5-13(12)15(16)10-11-17(14)18;12-11(14)13-10-7-3-5-8-4-1-2-6-9(8)10/h1-2,4-5,8-11,18-19H,3,6-7H2;1-7H,(H3,12,13,14). The third kappa shape index (κ3) is 4.13. The number of aryl methyl sites for hydroxylation is 1. The summed E-state index contributed by atoms with van der Waals surface area (Å²) in [6.07, 6.45) is 2.79. The van der Waals surface area contributed by atoms with Gasteiger partial charge in [-0.25, -0.2) is 4.79 Å². The summed E-state index contributed by atoms with van der Waals surface area (Å²) in [7, 11) is 0. The van der Waals surface area contributed by atoms with Gasteiger partial charge in [-0.1, -0.05) is 84.9 Å². The van der Waals surface area contributed by atoms with E-state index in [-0.39, 0.29) is 6.10 Å². The minimum Gasteiger partial charge on any atom is -0.388 e. The SMILES string of the molecule is NC(=O)Nc1cccc2ccccc12.OC1CCCc2c1ccc1c2ccc2ccccc21. The van der Waals surface area contributed by atoms with Gasteiger partial charge < -0.3 is 16.2 Å². The number of nitrogens with two attached hydrogens (primary N) is 1. The Morgan fingerprint density at radius 2 is 1.42 bits per heavy atom. The zero-order valence-corrected chi connectivity index (χ0v) is 18.3. The number of carbonyl (C=O) groups excluding carboxylic acids is 1. The van der Waals surface area contributed by atoms with Gasteiger partial charge in [0, 0.05) is 5.39 Å². The maximum atomic E-state index is 10.7. The summed E-state index contributed by atoms with van der Waals surface area (Å²) in [5.74, 6) is 0. The van der Waals surface area contributed by atoms with E-state index in [2.05, 4.69) is 53.8 Å². The highest BCUT2D eigenvalue weighted by molar-refractivity contribution is 6.08. The van der Waals surface area contributed by atoms with E-state index in [4.69, 9.17) is 5.73 Å². The zero-order valence-electron chi connectivity index (χ0n) is 18.3. The van der Waals surface area contributed by atoms with E-state index in [0.29, 0.717) is 0 Å². The Bertz CT molecular complexity index is 1470. The van der Waals surface area contributed by atoms with Crippen molar-refractivity contribution in [1.29, 1.82) is 0 Å². The molecule has 1 atom stereocenters. The summed E-state index contributed by atoms with van der Waals surface area (Å²) >= 11 is 0. The Kier molecular flexibility index (Phi) is 5.68. The number of rotatable bonds is 1. The van der Waals surface area contributed by atoms with Gasteiger partial charge in [-0.05, 0) is 63.4 Å². The second kappa shape index (κ2) is 8.93. The molecule has 0 spiro atoms. The van der Waals surface area contributed by atoms with Crippen molar-refractivity contribution in [2.75, 3.05) is 5.32 Å². The summed E-state index contributed by atoms with van der Waals surface area (Å²) in [6.45, 7) is 0. The van der Waals surface area contributed by atoms with Crippen LogP contribution < -0.4 is 11.1 Å². The molecule has 1 aliphatic rings. The molecule has 2 amide bonds. The fourth-order valence-electron chi connectivity index (χ4n) is 4.85. The third-order valence-corrected chi connectivity index (χ3v) is 6.38. The molecule has 4 N–H and O–H groups in total. The van der Waals surface area contributed by atoms with E-state index >= 15 is 0 Å². The van der Waals surface area contributed by atoms with Gasteiger partial charge in [-0.15, -0.1) is 0 Å². The Balaban J connectivity index is 0.000000146. The molecular formula is C29H26N2O2. The van der Waals surface area contributed by atoms with Gasteiger partial charge in [-0.3, -0.25) is 0 Å². The minimum absolute atomic E-state index is 0.278. The van der Waals surface area contributed by atoms with Crippen molar-refractivity contribution < 1.29 is 9.90 Å². The van der Waals surface area contributed by atoms with Crippen molar-refractivity contribution in [3.8, 4) is 0 Å². The van der Waals surface area contributed by atoms with Gasteiger partial charge in [0.1, 0.15) is 0 Å². The van der Waals surface area contributed by atoms with Crippen LogP contribution in [-0.2, 0) is 6.42 Å². The number of urea groups is 1. The van der Waals surface area contributed by atoms with Crippen LogP contribution in [0.2, 0.25) is 0 Å². The highest BCUT2D eigenvalue weighted by Crippen LogP contribution is 2.36. The molecule has 5 aromatic carbocycles. The second-order valence-electron chi connectivity index (χ2n) is 8.44. The van der Waals surface area contributed by atoms with Crippen LogP contribution in [-0.4, -0.2) is 11.1 Å². The number of hydrogen-bond donors (Lipinski definition) is 3. The lowest BCUT2D eigenvalue weighted by atomic mass is 9.85. The molecular weight excluding hydrogens is 408 g/mol. The molecule has 33 heavy (non-hydrogen) atoms. The molecule has 0 bridgehead atoms. The molecule has 0 saturated heterocycles. The number of benzene rings is 5. The highest BCUT2D eigenvalue weighted by atomic mass is 16.3. The summed E-state index contributed by atoms with van der Waals surface area (Å²) < 4.78 is 0. The van der Waals surface area contributed by atoms with Crippen LogP contribution >= 0.6 is 0 Å². The molecule has 5 aromatic rings. The van der Waals surface area contributed by atoms with Crippen molar-refractivity contribution in [2.45, 2.75) is 25.4 Å². The number of aliphatic hydroxyl groups excluding tert-OH is 1. The molecule has 4 heteroatoms. The lowest BCUT2D eigenvalue weighted by molar-refractivity contribution is 0.157. The first-order valence-corrected chi connectivity index (χ1v) is 11.3. The summed E-state index contributed by atoms with van der Waals surface area (Å²) in [4.78, 5) is 10.7. The van der Waals surface area contributed by atoms with Crippen molar-refractivity contribution in [3.05, 3.63) is 102 Å². The van der Waals surface area contributed by atoms with Gasteiger partial charge >= 0.3 is 6.03 Å². The number of carbonyl (C=O) groups is 1. The predicted octanol–water partition coefficient (Wildman–Crippen LogP) is 6.69. The van der Waals surface area contributed by atoms with Gasteiger partial charge in [-0.2, -0.15) is 0 Å². The van der Waals surface area contributed by atoms with Crippen LogP contribution in [0.3, 0.4) is 0 Å². The lowest BCUT2D eigenvalue weighted by Gasteiger charge is -2.23. The lowest BCUT2D eigenvalue weighted by Crippen LogP contribution is -2.19. The van der Waals surface area contributed by atoms with Crippen LogP contribution in [0.25, 0.3) is 32.3 Å². The first-order chi connectivity index (χ1) is 16.1. The van der Waals surface area contributed by atoms with Crippen LogP contribution in [0.5, 0.6) is 0 Å². The fraction of sp³-hybridized carbons (Fsp3) is 0.138. The Labute approximate surface area is 192 Å². The summed E-state index contributed by atoms with van der Waals surface area (Å²) in [5.41, 5.74) is 8.29. The van der Waals surface area contributed by atoms with Gasteiger partial charge in [0.25, 0.3) is 0 Å². The molecule has 0 aliphatic heterocycles. The Morgan fingerprint density at radius 1 is 0.758 bits per heavy atom. The molecule has 164 valence electrons. The molecule has 4 nitrogen and oxygen atoms in total. The molecule has 0 saturated carbocycles. The first kappa shape index (κ1) is 21.0. The van der Waals surface area contributed by atoms with Crippen LogP contribution in [0, 0.1) is 0 Å². The normalized spacial score (nSPS) is 15.0. The maximum absolute atomic E-state index is 10.7. The molecule has 1 unspecified atom stereocenters. The van der Waals surface area contributed by atoms with Gasteiger partial charge in [0.05, 0.1) is 11.8 Å². The predicted molar refractivity (Wildman–Crippen MR) is 137 cm³/mol. The zero-order chi connectivity index (χ0) is 22.8. The molecule has 0 radical (unpaired) electrons. The van der Waals surface area contributed by atoms with Crippen molar-refractivity contribution in [3.63, 3.8) is 0 Å². The quantitative estimate of drug-likeness (QED) is 0.257. The molecule has 1 aliphatic carbocycles. The number of fused-ring (bicyclic) bond motifs is 6. The minimum atomic E-state index is -0.540. The fourth-order valence-corrected chi connectivity index (χ4v) is 4.85. The van der Waals surface area contributed by atoms with Gasteiger partial charge in [0.2, 0.25) is 0 Å². The first-order valence-electron chi connectivity index (χ1n) is 11.3. The topological polar surface area (TPSA) is 75.4 Å². The largest absolute Gasteiger partial charge is 0.388 e. The van der Waals surface area contributed by atoms with Crippen LogP contribution in [0.4, 0.5) is 10.5 Å². The molecule has 6 rings (SSSR count). The van der Waals surface area contributed by atoms with E-state index in [9.17, 15) is 9.90 Å². The monoisotopic (exact) mass is 434 g/mol. The summed E-state index contributed by atoms with van der Waals surface area (Å²) in [5, 5.41) is 20.0. The van der Waals surface area contributed by atoms with Crippen molar-refractivity contribution in [1.82, 2.24) is 0 Å². The van der Waals surface area contributed by atoms with E-state index in [1.54, 1.807) is 0 Å². The maximum Gasteiger partial charge on any atom is 0.316 e. The van der Waals surface area contributed by atoms with E-state index in [1.165, 1.54) is 27.1 Å². The van der Waals surface area contributed by atoms with Crippen molar-refractivity contribution >= 4 is 44.0 Å². The second-order valence-corrected chi connectivity index (χ2v) is 8.44. The number of amides is 2. The summed E-state index contributed by atoms with van der Waals surface area (Å²) in [6, 6.07) is 30.2. The average Bonchev–Trinajstić information content (AvgIpc) is 2.84. The number of aliphatic hydroxyl groups is 1. The van der Waals surface area contributed by atoms with Crippen molar-refractivity contribution in [2.24, 2.45) is 5.73 Å². The number of hydrogen-bond acceptors (Lipinski definition) is 2.